The molecule has 0 aromatic rings. The van der Waals surface area contributed by atoms with E-state index in [2.05, 4.69) is 34.9 Å². The van der Waals surface area contributed by atoms with Crippen molar-refractivity contribution in [3.8, 4) is 0 Å². The molecule has 0 N–H and O–H groups in total. The summed E-state index contributed by atoms with van der Waals surface area (Å²) in [6.45, 7) is 8.71. The molecular weight excluding hydrogens is 212 g/mol. The van der Waals surface area contributed by atoms with E-state index in [0.29, 0.717) is 6.42 Å². The first-order valence-corrected chi connectivity index (χ1v) is 5.01. The van der Waals surface area contributed by atoms with Crippen molar-refractivity contribution in [2.45, 2.75) is 32.6 Å². The van der Waals surface area contributed by atoms with Crippen LogP contribution in [0.5, 0.6) is 0 Å². The van der Waals surface area contributed by atoms with Crippen LogP contribution in [0.4, 0.5) is 0 Å². The SMILES string of the molecule is C=CC(=O)OOOC(=O)C(=C)CCCCC. The van der Waals surface area contributed by atoms with Gasteiger partial charge in [-0.1, -0.05) is 32.9 Å². The van der Waals surface area contributed by atoms with E-state index in [9.17, 15) is 9.59 Å². The maximum Gasteiger partial charge on any atom is 0.372 e. The van der Waals surface area contributed by atoms with Gasteiger partial charge in [-0.25, -0.2) is 9.59 Å². The number of rotatable bonds is 8. The lowest BCUT2D eigenvalue weighted by Gasteiger charge is -2.03. The van der Waals surface area contributed by atoms with Crippen molar-refractivity contribution in [3.05, 3.63) is 24.8 Å². The van der Waals surface area contributed by atoms with Crippen LogP contribution < -0.4 is 0 Å². The average molecular weight is 228 g/mol. The van der Waals surface area contributed by atoms with E-state index in [1.54, 1.807) is 0 Å². The van der Waals surface area contributed by atoms with Crippen LogP contribution >= 0.6 is 0 Å². The molecule has 90 valence electrons. The predicted octanol–water partition coefficient (Wildman–Crippen LogP) is 2.24. The molecule has 0 bridgehead atoms. The lowest BCUT2D eigenvalue weighted by atomic mass is 10.1. The summed E-state index contributed by atoms with van der Waals surface area (Å²) in [6.07, 6.45) is 4.33. The molecule has 0 aromatic heterocycles. The highest BCUT2D eigenvalue weighted by Crippen LogP contribution is 2.08. The summed E-state index contributed by atoms with van der Waals surface area (Å²) in [5, 5.41) is 3.94. The number of carbonyl (C=O) groups excluding carboxylic acids is 2. The molecule has 0 aliphatic rings. The Bertz CT molecular complexity index is 270. The zero-order valence-electron chi connectivity index (χ0n) is 9.36. The molecule has 0 fully saturated rings. The third kappa shape index (κ3) is 6.78. The Labute approximate surface area is 94.5 Å². The Balaban J connectivity index is 3.67. The second-order valence-corrected chi connectivity index (χ2v) is 3.11. The van der Waals surface area contributed by atoms with E-state index in [1.165, 1.54) is 0 Å². The van der Waals surface area contributed by atoms with Crippen molar-refractivity contribution >= 4 is 11.9 Å². The fraction of sp³-hybridized carbons (Fsp3) is 0.455. The first kappa shape index (κ1) is 14.4. The minimum absolute atomic E-state index is 0.281. The second-order valence-electron chi connectivity index (χ2n) is 3.11. The minimum Gasteiger partial charge on any atom is -0.255 e. The summed E-state index contributed by atoms with van der Waals surface area (Å²) >= 11 is 0. The lowest BCUT2D eigenvalue weighted by Crippen LogP contribution is -2.10. The van der Waals surface area contributed by atoms with Gasteiger partial charge in [-0.05, 0) is 12.8 Å². The summed E-state index contributed by atoms with van der Waals surface area (Å²) in [4.78, 5) is 29.8. The Hall–Kier alpha value is -1.62. The minimum atomic E-state index is -0.843. The van der Waals surface area contributed by atoms with Crippen LogP contribution in [0.2, 0.25) is 0 Å². The van der Waals surface area contributed by atoms with E-state index in [-0.39, 0.29) is 5.57 Å². The van der Waals surface area contributed by atoms with Gasteiger partial charge in [0.2, 0.25) is 0 Å². The summed E-state index contributed by atoms with van der Waals surface area (Å²) in [6, 6.07) is 0. The third-order valence-electron chi connectivity index (χ3n) is 1.76. The molecule has 5 heteroatoms. The highest BCUT2D eigenvalue weighted by Gasteiger charge is 2.10. The number of carbonyl (C=O) groups is 2. The summed E-state index contributed by atoms with van der Waals surface area (Å²) < 4.78 is 0. The zero-order valence-corrected chi connectivity index (χ0v) is 9.36. The van der Waals surface area contributed by atoms with Crippen LogP contribution in [-0.2, 0) is 24.4 Å². The molecule has 0 saturated carbocycles. The topological polar surface area (TPSA) is 61.8 Å². The first-order valence-electron chi connectivity index (χ1n) is 5.01. The van der Waals surface area contributed by atoms with E-state index < -0.39 is 11.9 Å². The molecule has 0 aliphatic heterocycles. The standard InChI is InChI=1S/C11H16O5/c1-4-6-7-8-9(3)11(13)15-16-14-10(12)5-2/h5H,2-4,6-8H2,1H3. The third-order valence-corrected chi connectivity index (χ3v) is 1.76. The number of hydrogen-bond acceptors (Lipinski definition) is 5. The van der Waals surface area contributed by atoms with Crippen molar-refractivity contribution in [2.24, 2.45) is 0 Å². The van der Waals surface area contributed by atoms with Crippen LogP contribution in [-0.4, -0.2) is 11.9 Å². The maximum atomic E-state index is 11.1. The van der Waals surface area contributed by atoms with Crippen LogP contribution in [0.25, 0.3) is 0 Å². The Kier molecular flexibility index (Phi) is 7.79. The van der Waals surface area contributed by atoms with Gasteiger partial charge in [0.15, 0.2) is 0 Å². The summed E-state index contributed by atoms with van der Waals surface area (Å²) in [7, 11) is 0. The van der Waals surface area contributed by atoms with Crippen LogP contribution in [0, 0.1) is 0 Å². The van der Waals surface area contributed by atoms with Gasteiger partial charge < -0.3 is 0 Å². The largest absolute Gasteiger partial charge is 0.372 e. The number of unbranched alkanes of at least 4 members (excludes halogenated alkanes) is 2. The quantitative estimate of drug-likeness (QED) is 0.276. The Morgan fingerprint density at radius 3 is 2.50 bits per heavy atom. The van der Waals surface area contributed by atoms with Crippen molar-refractivity contribution in [2.75, 3.05) is 0 Å². The molecule has 0 radical (unpaired) electrons. The fourth-order valence-corrected chi connectivity index (χ4v) is 0.865. The first-order chi connectivity index (χ1) is 7.61. The van der Waals surface area contributed by atoms with Crippen molar-refractivity contribution in [1.29, 1.82) is 0 Å². The smallest absolute Gasteiger partial charge is 0.255 e. The molecule has 0 spiro atoms. The molecule has 0 heterocycles. The molecule has 0 atom stereocenters. The zero-order chi connectivity index (χ0) is 12.4. The van der Waals surface area contributed by atoms with Crippen LogP contribution in [0.3, 0.4) is 0 Å². The van der Waals surface area contributed by atoms with Crippen molar-refractivity contribution in [3.63, 3.8) is 0 Å². The highest BCUT2D eigenvalue weighted by atomic mass is 17.5. The van der Waals surface area contributed by atoms with Gasteiger partial charge in [0.1, 0.15) is 0 Å². The van der Waals surface area contributed by atoms with Crippen LogP contribution in [0.1, 0.15) is 32.6 Å². The molecule has 16 heavy (non-hydrogen) atoms. The second kappa shape index (κ2) is 8.67. The van der Waals surface area contributed by atoms with E-state index in [1.807, 2.05) is 0 Å². The average Bonchev–Trinajstić information content (AvgIpc) is 2.28. The van der Waals surface area contributed by atoms with Gasteiger partial charge in [-0.2, -0.15) is 0 Å². The predicted molar refractivity (Wildman–Crippen MR) is 56.7 cm³/mol. The molecule has 0 unspecified atom stereocenters. The van der Waals surface area contributed by atoms with E-state index in [0.717, 1.165) is 25.3 Å². The van der Waals surface area contributed by atoms with Gasteiger partial charge in [-0.15, -0.1) is 0 Å². The molecule has 0 amide bonds. The van der Waals surface area contributed by atoms with Crippen LogP contribution in [0.15, 0.2) is 24.8 Å². The highest BCUT2D eigenvalue weighted by molar-refractivity contribution is 5.87. The van der Waals surface area contributed by atoms with Crippen molar-refractivity contribution in [1.82, 2.24) is 0 Å². The van der Waals surface area contributed by atoms with Crippen molar-refractivity contribution < 1.29 is 24.4 Å². The summed E-state index contributed by atoms with van der Waals surface area (Å²) in [5.74, 6) is -1.59. The van der Waals surface area contributed by atoms with Gasteiger partial charge in [-0.3, -0.25) is 9.78 Å². The maximum absolute atomic E-state index is 11.1. The molecular formula is C11H16O5. The van der Waals surface area contributed by atoms with Gasteiger partial charge in [0.25, 0.3) is 0 Å². The Morgan fingerprint density at radius 2 is 1.94 bits per heavy atom. The van der Waals surface area contributed by atoms with E-state index in [4.69, 9.17) is 0 Å². The lowest BCUT2D eigenvalue weighted by molar-refractivity contribution is -0.456. The Morgan fingerprint density at radius 1 is 1.25 bits per heavy atom. The normalized spacial score (nSPS) is 9.31. The molecule has 0 aliphatic carbocycles. The molecule has 0 rings (SSSR count). The van der Waals surface area contributed by atoms with Gasteiger partial charge >= 0.3 is 11.9 Å². The molecule has 0 saturated heterocycles. The van der Waals surface area contributed by atoms with E-state index >= 15 is 0 Å². The molecule has 0 aromatic carbocycles. The fourth-order valence-electron chi connectivity index (χ4n) is 0.865. The number of hydrogen-bond donors (Lipinski definition) is 0. The molecule has 5 nitrogen and oxygen atoms in total. The summed E-state index contributed by atoms with van der Waals surface area (Å²) in [5.41, 5.74) is 0.281. The monoisotopic (exact) mass is 228 g/mol. The van der Waals surface area contributed by atoms with Gasteiger partial charge in [0.05, 0.1) is 0 Å². The van der Waals surface area contributed by atoms with Gasteiger partial charge in [0, 0.05) is 16.7 Å².